The average molecular weight is 349 g/mol. The highest BCUT2D eigenvalue weighted by molar-refractivity contribution is 5.92. The van der Waals surface area contributed by atoms with E-state index >= 15 is 0 Å². The number of ether oxygens (including phenoxy) is 1. The predicted molar refractivity (Wildman–Crippen MR) is 101 cm³/mol. The van der Waals surface area contributed by atoms with Crippen LogP contribution < -0.4 is 10.1 Å². The number of para-hydroxylation sites is 1. The molecule has 26 heavy (non-hydrogen) atoms. The summed E-state index contributed by atoms with van der Waals surface area (Å²) >= 11 is 0. The van der Waals surface area contributed by atoms with Crippen LogP contribution in [0.5, 0.6) is 5.75 Å². The van der Waals surface area contributed by atoms with Crippen molar-refractivity contribution in [2.24, 2.45) is 0 Å². The number of amides is 1. The van der Waals surface area contributed by atoms with Crippen LogP contribution in [0.1, 0.15) is 45.8 Å². The van der Waals surface area contributed by atoms with Gasteiger partial charge in [-0.15, -0.1) is 0 Å². The van der Waals surface area contributed by atoms with Gasteiger partial charge in [0.2, 0.25) is 0 Å². The fourth-order valence-electron chi connectivity index (χ4n) is 2.89. The van der Waals surface area contributed by atoms with Gasteiger partial charge >= 0.3 is 0 Å². The van der Waals surface area contributed by atoms with Gasteiger partial charge in [0.15, 0.2) is 0 Å². The third kappa shape index (κ3) is 4.30. The molecule has 0 unspecified atom stereocenters. The van der Waals surface area contributed by atoms with E-state index in [1.807, 2.05) is 37.3 Å². The summed E-state index contributed by atoms with van der Waals surface area (Å²) in [6.07, 6.45) is 0. The minimum Gasteiger partial charge on any atom is -0.487 e. The zero-order valence-electron chi connectivity index (χ0n) is 15.2. The molecule has 0 spiro atoms. The number of aromatic amines is 1. The van der Waals surface area contributed by atoms with Crippen LogP contribution in [0.2, 0.25) is 0 Å². The summed E-state index contributed by atoms with van der Waals surface area (Å²) in [4.78, 5) is 12.5. The Bertz CT molecular complexity index is 887. The van der Waals surface area contributed by atoms with E-state index in [9.17, 15) is 4.79 Å². The number of nitrogens with one attached hydrogen (secondary N) is 2. The molecule has 1 amide bonds. The quantitative estimate of drug-likeness (QED) is 0.704. The van der Waals surface area contributed by atoms with Gasteiger partial charge in [0.25, 0.3) is 5.91 Å². The lowest BCUT2D eigenvalue weighted by atomic mass is 10.0. The Hall–Kier alpha value is -3.08. The number of hydrogen-bond acceptors (Lipinski definition) is 3. The summed E-state index contributed by atoms with van der Waals surface area (Å²) in [5.74, 6) is 0.566. The van der Waals surface area contributed by atoms with Crippen molar-refractivity contribution in [1.82, 2.24) is 15.5 Å². The van der Waals surface area contributed by atoms with Crippen molar-refractivity contribution in [3.63, 3.8) is 0 Å². The summed E-state index contributed by atoms with van der Waals surface area (Å²) in [5, 5.41) is 9.95. The maximum Gasteiger partial charge on any atom is 0.272 e. The monoisotopic (exact) mass is 349 g/mol. The van der Waals surface area contributed by atoms with Gasteiger partial charge in [0.05, 0.1) is 11.7 Å². The highest BCUT2D eigenvalue weighted by Gasteiger charge is 2.16. The van der Waals surface area contributed by atoms with E-state index in [0.717, 1.165) is 22.6 Å². The zero-order chi connectivity index (χ0) is 18.5. The van der Waals surface area contributed by atoms with Crippen molar-refractivity contribution in [3.05, 3.63) is 82.7 Å². The van der Waals surface area contributed by atoms with Crippen LogP contribution >= 0.6 is 0 Å². The number of carbonyl (C=O) groups is 1. The maximum absolute atomic E-state index is 12.5. The Labute approximate surface area is 153 Å². The Kier molecular flexibility index (Phi) is 5.37. The van der Waals surface area contributed by atoms with Crippen LogP contribution in [0.4, 0.5) is 0 Å². The first kappa shape index (κ1) is 17.7. The molecule has 1 aromatic heterocycles. The highest BCUT2D eigenvalue weighted by atomic mass is 16.5. The summed E-state index contributed by atoms with van der Waals surface area (Å²) in [6, 6.07) is 17.4. The number of hydrogen-bond donors (Lipinski definition) is 2. The van der Waals surface area contributed by atoms with Crippen molar-refractivity contribution in [3.8, 4) is 5.75 Å². The minimum absolute atomic E-state index is 0.0937. The van der Waals surface area contributed by atoms with Gasteiger partial charge in [-0.2, -0.15) is 5.10 Å². The highest BCUT2D eigenvalue weighted by Crippen LogP contribution is 2.19. The Morgan fingerprint density at radius 2 is 1.92 bits per heavy atom. The van der Waals surface area contributed by atoms with E-state index < -0.39 is 0 Å². The van der Waals surface area contributed by atoms with Gasteiger partial charge < -0.3 is 10.1 Å². The SMILES string of the molecule is Cc1ccc([C@H](C)NC(=O)c2cc(COc3ccccc3)[nH]n2)c(C)c1. The van der Waals surface area contributed by atoms with Gasteiger partial charge in [-0.05, 0) is 50.1 Å². The van der Waals surface area contributed by atoms with Crippen molar-refractivity contribution >= 4 is 5.91 Å². The molecule has 134 valence electrons. The first-order valence-electron chi connectivity index (χ1n) is 8.63. The average Bonchev–Trinajstić information content (AvgIpc) is 3.10. The molecule has 1 heterocycles. The number of H-pyrrole nitrogens is 1. The number of benzene rings is 2. The van der Waals surface area contributed by atoms with Crippen molar-refractivity contribution < 1.29 is 9.53 Å². The van der Waals surface area contributed by atoms with Crippen molar-refractivity contribution in [2.45, 2.75) is 33.4 Å². The molecule has 2 N–H and O–H groups in total. The first-order chi connectivity index (χ1) is 12.5. The molecule has 5 nitrogen and oxygen atoms in total. The van der Waals surface area contributed by atoms with E-state index in [1.54, 1.807) is 6.07 Å². The first-order valence-corrected chi connectivity index (χ1v) is 8.63. The normalized spacial score (nSPS) is 11.8. The van der Waals surface area contributed by atoms with Crippen molar-refractivity contribution in [2.75, 3.05) is 0 Å². The largest absolute Gasteiger partial charge is 0.487 e. The molecule has 2 aromatic carbocycles. The molecule has 3 rings (SSSR count). The molecule has 0 aliphatic heterocycles. The fourth-order valence-corrected chi connectivity index (χ4v) is 2.89. The summed E-state index contributed by atoms with van der Waals surface area (Å²) < 4.78 is 5.66. The van der Waals surface area contributed by atoms with Gasteiger partial charge in [0.1, 0.15) is 18.1 Å². The van der Waals surface area contributed by atoms with E-state index in [2.05, 4.69) is 47.6 Å². The van der Waals surface area contributed by atoms with Gasteiger partial charge in [0, 0.05) is 0 Å². The van der Waals surface area contributed by atoms with Gasteiger partial charge in [-0.1, -0.05) is 42.0 Å². The van der Waals surface area contributed by atoms with Crippen LogP contribution in [0.3, 0.4) is 0 Å². The Morgan fingerprint density at radius 1 is 1.15 bits per heavy atom. The predicted octanol–water partition coefficient (Wildman–Crippen LogP) is 4.10. The Morgan fingerprint density at radius 3 is 2.65 bits per heavy atom. The minimum atomic E-state index is -0.209. The molecule has 0 bridgehead atoms. The summed E-state index contributed by atoms with van der Waals surface area (Å²) in [6.45, 7) is 6.42. The van der Waals surface area contributed by atoms with Crippen molar-refractivity contribution in [1.29, 1.82) is 0 Å². The number of aromatic nitrogens is 2. The number of aryl methyl sites for hydroxylation is 2. The lowest BCUT2D eigenvalue weighted by Gasteiger charge is -2.16. The molecule has 0 aliphatic carbocycles. The molecule has 0 radical (unpaired) electrons. The van der Waals surface area contributed by atoms with E-state index in [1.165, 1.54) is 5.56 Å². The summed E-state index contributed by atoms with van der Waals surface area (Å²) in [7, 11) is 0. The number of nitrogens with zero attached hydrogens (tertiary/aromatic N) is 1. The lowest BCUT2D eigenvalue weighted by Crippen LogP contribution is -2.27. The number of rotatable bonds is 6. The molecular formula is C21H23N3O2. The summed E-state index contributed by atoms with van der Waals surface area (Å²) in [5.41, 5.74) is 4.58. The van der Waals surface area contributed by atoms with Crippen LogP contribution in [-0.4, -0.2) is 16.1 Å². The second-order valence-corrected chi connectivity index (χ2v) is 6.44. The second kappa shape index (κ2) is 7.87. The molecule has 5 heteroatoms. The zero-order valence-corrected chi connectivity index (χ0v) is 15.2. The van der Waals surface area contributed by atoms with E-state index in [0.29, 0.717) is 12.3 Å². The van der Waals surface area contributed by atoms with Crippen LogP contribution in [0.25, 0.3) is 0 Å². The van der Waals surface area contributed by atoms with E-state index in [-0.39, 0.29) is 11.9 Å². The lowest BCUT2D eigenvalue weighted by molar-refractivity contribution is 0.0934. The van der Waals surface area contributed by atoms with E-state index in [4.69, 9.17) is 4.74 Å². The molecular weight excluding hydrogens is 326 g/mol. The molecule has 0 saturated heterocycles. The van der Waals surface area contributed by atoms with Crippen LogP contribution in [0, 0.1) is 13.8 Å². The van der Waals surface area contributed by atoms with Crippen LogP contribution in [0.15, 0.2) is 54.6 Å². The maximum atomic E-state index is 12.5. The molecule has 3 aromatic rings. The third-order valence-electron chi connectivity index (χ3n) is 4.24. The molecule has 0 fully saturated rings. The standard InChI is InChI=1S/C21H23N3O2/c1-14-9-10-19(15(2)11-14)16(3)22-21(25)20-12-17(23-24-20)13-26-18-7-5-4-6-8-18/h4-12,16H,13H2,1-3H3,(H,22,25)(H,23,24)/t16-/m0/s1. The second-order valence-electron chi connectivity index (χ2n) is 6.44. The van der Waals surface area contributed by atoms with Crippen LogP contribution in [-0.2, 0) is 6.61 Å². The molecule has 0 saturated carbocycles. The fraction of sp³-hybridized carbons (Fsp3) is 0.238. The molecule has 0 aliphatic rings. The van der Waals surface area contributed by atoms with Gasteiger partial charge in [-0.3, -0.25) is 9.89 Å². The smallest absolute Gasteiger partial charge is 0.272 e. The van der Waals surface area contributed by atoms with Gasteiger partial charge in [-0.25, -0.2) is 0 Å². The Balaban J connectivity index is 1.60. The molecule has 1 atom stereocenters. The topological polar surface area (TPSA) is 67.0 Å². The third-order valence-corrected chi connectivity index (χ3v) is 4.24. The number of carbonyl (C=O) groups excluding carboxylic acids is 1.